The summed E-state index contributed by atoms with van der Waals surface area (Å²) in [5.74, 6) is 0.0950. The van der Waals surface area contributed by atoms with Crippen molar-refractivity contribution in [2.24, 2.45) is 0 Å². The van der Waals surface area contributed by atoms with Gasteiger partial charge in [0.2, 0.25) is 0 Å². The van der Waals surface area contributed by atoms with Gasteiger partial charge in [-0.2, -0.15) is 0 Å². The maximum atomic E-state index is 9.34. The summed E-state index contributed by atoms with van der Waals surface area (Å²) < 4.78 is 0. The molecule has 0 aliphatic carbocycles. The van der Waals surface area contributed by atoms with Gasteiger partial charge in [-0.1, -0.05) is 29.8 Å². The molecular formula is C17H18ClN2O. The van der Waals surface area contributed by atoms with Gasteiger partial charge in [0, 0.05) is 49.5 Å². The molecule has 3 rings (SSSR count). The minimum atomic E-state index is 0.0950. The maximum Gasteiger partial charge on any atom is 0.125 e. The predicted molar refractivity (Wildman–Crippen MR) is 85.9 cm³/mol. The Morgan fingerprint density at radius 3 is 2.48 bits per heavy atom. The van der Waals surface area contributed by atoms with Crippen LogP contribution in [0.4, 0.5) is 5.69 Å². The monoisotopic (exact) mass is 301 g/mol. The molecule has 0 aromatic heterocycles. The molecule has 1 fully saturated rings. The third kappa shape index (κ3) is 3.49. The van der Waals surface area contributed by atoms with Gasteiger partial charge in [-0.3, -0.25) is 4.90 Å². The van der Waals surface area contributed by atoms with E-state index < -0.39 is 0 Å². The molecule has 1 aliphatic rings. The zero-order valence-corrected chi connectivity index (χ0v) is 12.6. The second-order valence-electron chi connectivity index (χ2n) is 5.29. The number of nitrogens with zero attached hydrogens (tertiary/aromatic N) is 2. The summed E-state index contributed by atoms with van der Waals surface area (Å²) in [6.45, 7) is 4.85. The predicted octanol–water partition coefficient (Wildman–Crippen LogP) is 3.17. The van der Waals surface area contributed by atoms with Gasteiger partial charge in [-0.15, -0.1) is 0 Å². The van der Waals surface area contributed by atoms with Crippen molar-refractivity contribution in [2.45, 2.75) is 6.54 Å². The number of benzene rings is 2. The Hall–Kier alpha value is -1.71. The number of aromatic hydroxyl groups is 1. The van der Waals surface area contributed by atoms with Crippen molar-refractivity contribution in [2.75, 3.05) is 31.1 Å². The standard InChI is InChI=1S/C17H18ClN2O/c18-17-12-16(21)7-6-14(17)13-19-8-10-20(11-9-19)15-4-2-1-3-5-15/h1-6,12,21H,8-11,13H2. The van der Waals surface area contributed by atoms with Crippen LogP contribution in [-0.4, -0.2) is 36.2 Å². The molecule has 3 nitrogen and oxygen atoms in total. The molecule has 1 saturated heterocycles. The Labute approximate surface area is 130 Å². The molecule has 4 heteroatoms. The van der Waals surface area contributed by atoms with Crippen LogP contribution in [0.2, 0.25) is 5.02 Å². The number of anilines is 1. The first-order valence-electron chi connectivity index (χ1n) is 7.14. The fourth-order valence-electron chi connectivity index (χ4n) is 2.65. The van der Waals surface area contributed by atoms with Gasteiger partial charge in [-0.25, -0.2) is 0 Å². The second-order valence-corrected chi connectivity index (χ2v) is 5.70. The van der Waals surface area contributed by atoms with Crippen LogP contribution >= 0.6 is 11.6 Å². The molecule has 2 aromatic carbocycles. The van der Waals surface area contributed by atoms with E-state index in [0.717, 1.165) is 38.3 Å². The summed E-state index contributed by atoms with van der Waals surface area (Å²) in [5, 5.41) is 9.95. The first-order valence-corrected chi connectivity index (χ1v) is 7.51. The summed E-state index contributed by atoms with van der Waals surface area (Å²) in [7, 11) is 0. The van der Waals surface area contributed by atoms with E-state index >= 15 is 0 Å². The van der Waals surface area contributed by atoms with Crippen molar-refractivity contribution in [3.8, 4) is 5.75 Å². The van der Waals surface area contributed by atoms with E-state index in [1.54, 1.807) is 12.1 Å². The lowest BCUT2D eigenvalue weighted by molar-refractivity contribution is 0.250. The largest absolute Gasteiger partial charge is 0.507 e. The summed E-state index contributed by atoms with van der Waals surface area (Å²) in [4.78, 5) is 4.78. The highest BCUT2D eigenvalue weighted by atomic mass is 35.5. The van der Waals surface area contributed by atoms with Crippen LogP contribution in [-0.2, 0) is 6.54 Å². The normalized spacial score (nSPS) is 16.1. The smallest absolute Gasteiger partial charge is 0.125 e. The SMILES string of the molecule is Oc1[c]cc(CN2CCN(c3ccccc3)CC2)c(Cl)c1. The summed E-state index contributed by atoms with van der Waals surface area (Å²) in [5.41, 5.74) is 2.30. The van der Waals surface area contributed by atoms with E-state index in [2.05, 4.69) is 40.1 Å². The highest BCUT2D eigenvalue weighted by Gasteiger charge is 2.18. The van der Waals surface area contributed by atoms with Crippen LogP contribution in [0.25, 0.3) is 0 Å². The highest BCUT2D eigenvalue weighted by Crippen LogP contribution is 2.23. The number of phenols is 1. The first kappa shape index (κ1) is 14.2. The second kappa shape index (κ2) is 6.37. The number of hydrogen-bond acceptors (Lipinski definition) is 3. The van der Waals surface area contributed by atoms with Crippen molar-refractivity contribution >= 4 is 17.3 Å². The average Bonchev–Trinajstić information content (AvgIpc) is 2.52. The lowest BCUT2D eigenvalue weighted by Crippen LogP contribution is -2.45. The van der Waals surface area contributed by atoms with Crippen molar-refractivity contribution in [3.63, 3.8) is 0 Å². The summed E-state index contributed by atoms with van der Waals surface area (Å²) >= 11 is 6.16. The van der Waals surface area contributed by atoms with Crippen molar-refractivity contribution in [1.82, 2.24) is 4.90 Å². The zero-order valence-electron chi connectivity index (χ0n) is 11.8. The minimum absolute atomic E-state index is 0.0950. The lowest BCUT2D eigenvalue weighted by atomic mass is 10.1. The molecule has 1 radical (unpaired) electrons. The third-order valence-corrected chi connectivity index (χ3v) is 4.20. The van der Waals surface area contributed by atoms with Gasteiger partial charge in [0.15, 0.2) is 0 Å². The molecule has 0 saturated carbocycles. The van der Waals surface area contributed by atoms with E-state index in [1.807, 2.05) is 6.07 Å². The van der Waals surface area contributed by atoms with Crippen LogP contribution in [0.3, 0.4) is 0 Å². The number of phenolic OH excluding ortho intramolecular Hbond substituents is 1. The lowest BCUT2D eigenvalue weighted by Gasteiger charge is -2.36. The Bertz CT molecular complexity index is 595. The Balaban J connectivity index is 1.59. The van der Waals surface area contributed by atoms with E-state index in [-0.39, 0.29) is 5.75 Å². The zero-order chi connectivity index (χ0) is 14.7. The van der Waals surface area contributed by atoms with E-state index in [0.29, 0.717) is 5.02 Å². The van der Waals surface area contributed by atoms with E-state index in [1.165, 1.54) is 5.69 Å². The molecule has 1 heterocycles. The average molecular weight is 302 g/mol. The molecule has 1 N–H and O–H groups in total. The number of rotatable bonds is 3. The summed E-state index contributed by atoms with van der Waals surface area (Å²) in [6.07, 6.45) is 0. The molecule has 2 aromatic rings. The molecule has 0 unspecified atom stereocenters. The molecule has 109 valence electrons. The van der Waals surface area contributed by atoms with Gasteiger partial charge in [-0.05, 0) is 29.8 Å². The maximum absolute atomic E-state index is 9.34. The Morgan fingerprint density at radius 1 is 1.10 bits per heavy atom. The van der Waals surface area contributed by atoms with Crippen molar-refractivity contribution < 1.29 is 5.11 Å². The van der Waals surface area contributed by atoms with Crippen LogP contribution in [0, 0.1) is 6.07 Å². The van der Waals surface area contributed by atoms with Gasteiger partial charge in [0.25, 0.3) is 0 Å². The Morgan fingerprint density at radius 2 is 1.81 bits per heavy atom. The molecule has 0 bridgehead atoms. The van der Waals surface area contributed by atoms with Crippen LogP contribution in [0.5, 0.6) is 5.75 Å². The van der Waals surface area contributed by atoms with Crippen LogP contribution < -0.4 is 4.90 Å². The molecule has 1 aliphatic heterocycles. The fraction of sp³-hybridized carbons (Fsp3) is 0.294. The molecule has 0 atom stereocenters. The van der Waals surface area contributed by atoms with Crippen LogP contribution in [0.1, 0.15) is 5.56 Å². The Kier molecular flexibility index (Phi) is 4.32. The number of piperazine rings is 1. The number of hydrogen-bond donors (Lipinski definition) is 1. The molecule has 0 amide bonds. The number of para-hydroxylation sites is 1. The van der Waals surface area contributed by atoms with Gasteiger partial charge >= 0.3 is 0 Å². The minimum Gasteiger partial charge on any atom is -0.507 e. The summed E-state index contributed by atoms with van der Waals surface area (Å²) in [6, 6.07) is 16.6. The van der Waals surface area contributed by atoms with Gasteiger partial charge in [0.05, 0.1) is 0 Å². The van der Waals surface area contributed by atoms with E-state index in [4.69, 9.17) is 11.6 Å². The van der Waals surface area contributed by atoms with Gasteiger partial charge < -0.3 is 10.0 Å². The molecule has 21 heavy (non-hydrogen) atoms. The topological polar surface area (TPSA) is 26.7 Å². The first-order chi connectivity index (χ1) is 10.2. The highest BCUT2D eigenvalue weighted by molar-refractivity contribution is 6.31. The molecular weight excluding hydrogens is 284 g/mol. The fourth-order valence-corrected chi connectivity index (χ4v) is 2.87. The van der Waals surface area contributed by atoms with Crippen LogP contribution in [0.15, 0.2) is 42.5 Å². The van der Waals surface area contributed by atoms with E-state index in [9.17, 15) is 5.11 Å². The number of halogens is 1. The van der Waals surface area contributed by atoms with Crippen molar-refractivity contribution in [1.29, 1.82) is 0 Å². The quantitative estimate of drug-likeness (QED) is 0.943. The third-order valence-electron chi connectivity index (χ3n) is 3.85. The van der Waals surface area contributed by atoms with Crippen molar-refractivity contribution in [3.05, 3.63) is 59.1 Å². The molecule has 0 spiro atoms. The van der Waals surface area contributed by atoms with Gasteiger partial charge in [0.1, 0.15) is 5.75 Å².